The Hall–Kier alpha value is -1.81. The second-order valence-electron chi connectivity index (χ2n) is 3.97. The molecule has 1 aromatic carbocycles. The smallest absolute Gasteiger partial charge is 0.313 e. The number of hydrogen-bond donors (Lipinski definition) is 0. The lowest BCUT2D eigenvalue weighted by atomic mass is 10.0. The molecule has 19 heavy (non-hydrogen) atoms. The molecule has 1 aromatic heterocycles. The van der Waals surface area contributed by atoms with Crippen molar-refractivity contribution in [1.29, 1.82) is 0 Å². The summed E-state index contributed by atoms with van der Waals surface area (Å²) in [4.78, 5) is 16.1. The molecule has 1 heterocycles. The number of pyridine rings is 1. The number of carbonyl (C=O) groups is 1. The van der Waals surface area contributed by atoms with Gasteiger partial charge in [0.15, 0.2) is 0 Å². The van der Waals surface area contributed by atoms with Crippen LogP contribution in [0.5, 0.6) is 0 Å². The quantitative estimate of drug-likeness (QED) is 0.620. The summed E-state index contributed by atoms with van der Waals surface area (Å²) in [6.45, 7) is 0. The topological polar surface area (TPSA) is 39.2 Å². The molecule has 98 valence electrons. The first-order valence-electron chi connectivity index (χ1n) is 5.98. The minimum atomic E-state index is -0.266. The van der Waals surface area contributed by atoms with Crippen molar-refractivity contribution in [1.82, 2.24) is 4.98 Å². The van der Waals surface area contributed by atoms with E-state index in [1.54, 1.807) is 18.0 Å². The molecule has 2 aromatic rings. The molecular weight excluding hydrogens is 258 g/mol. The summed E-state index contributed by atoms with van der Waals surface area (Å²) < 4.78 is 4.88. The molecule has 0 spiro atoms. The van der Waals surface area contributed by atoms with Gasteiger partial charge < -0.3 is 4.74 Å². The number of hydrogen-bond acceptors (Lipinski definition) is 4. The van der Waals surface area contributed by atoms with Gasteiger partial charge in [0.2, 0.25) is 0 Å². The Bertz CT molecular complexity index is 516. The Balaban J connectivity index is 2.09. The van der Waals surface area contributed by atoms with Gasteiger partial charge in [0.05, 0.1) is 18.1 Å². The second-order valence-corrected chi connectivity index (χ2v) is 5.01. The minimum absolute atomic E-state index is 0.213. The molecule has 0 bridgehead atoms. The zero-order valence-corrected chi connectivity index (χ0v) is 11.5. The van der Waals surface area contributed by atoms with Crippen LogP contribution >= 0.6 is 11.8 Å². The van der Waals surface area contributed by atoms with Gasteiger partial charge in [-0.25, -0.2) is 4.98 Å². The molecule has 0 aliphatic carbocycles. The van der Waals surface area contributed by atoms with Gasteiger partial charge in [-0.2, -0.15) is 0 Å². The maximum absolute atomic E-state index is 11.9. The van der Waals surface area contributed by atoms with E-state index >= 15 is 0 Å². The number of methoxy groups -OCH3 is 1. The van der Waals surface area contributed by atoms with Crippen LogP contribution < -0.4 is 0 Å². The number of aromatic nitrogens is 1. The zero-order valence-electron chi connectivity index (χ0n) is 10.7. The molecular formula is C15H15NO2S. The van der Waals surface area contributed by atoms with Crippen molar-refractivity contribution in [3.63, 3.8) is 0 Å². The molecule has 1 atom stereocenters. The van der Waals surface area contributed by atoms with E-state index in [0.29, 0.717) is 5.75 Å². The Morgan fingerprint density at radius 3 is 2.58 bits per heavy atom. The minimum Gasteiger partial charge on any atom is -0.469 e. The SMILES string of the molecule is COC(=O)C(CSc1ccccn1)c1ccccc1. The fraction of sp³-hybridized carbons (Fsp3) is 0.200. The molecule has 4 heteroatoms. The molecule has 3 nitrogen and oxygen atoms in total. The maximum atomic E-state index is 11.9. The molecule has 0 N–H and O–H groups in total. The number of thioether (sulfide) groups is 1. The van der Waals surface area contributed by atoms with Gasteiger partial charge in [0, 0.05) is 11.9 Å². The van der Waals surface area contributed by atoms with Gasteiger partial charge in [-0.05, 0) is 17.7 Å². The fourth-order valence-corrected chi connectivity index (χ4v) is 2.71. The van der Waals surface area contributed by atoms with Crippen LogP contribution in [0, 0.1) is 0 Å². The lowest BCUT2D eigenvalue weighted by molar-refractivity contribution is -0.141. The van der Waals surface area contributed by atoms with Crippen LogP contribution in [0.2, 0.25) is 0 Å². The molecule has 0 amide bonds. The van der Waals surface area contributed by atoms with E-state index in [0.717, 1.165) is 10.6 Å². The van der Waals surface area contributed by atoms with Gasteiger partial charge in [-0.15, -0.1) is 11.8 Å². The monoisotopic (exact) mass is 273 g/mol. The number of rotatable bonds is 5. The van der Waals surface area contributed by atoms with Gasteiger partial charge >= 0.3 is 5.97 Å². The van der Waals surface area contributed by atoms with E-state index in [-0.39, 0.29) is 11.9 Å². The van der Waals surface area contributed by atoms with Gasteiger partial charge in [0.1, 0.15) is 0 Å². The first-order chi connectivity index (χ1) is 9.31. The highest BCUT2D eigenvalue weighted by atomic mass is 32.2. The van der Waals surface area contributed by atoms with Crippen molar-refractivity contribution >= 4 is 17.7 Å². The van der Waals surface area contributed by atoms with Gasteiger partial charge in [-0.1, -0.05) is 36.4 Å². The Morgan fingerprint density at radius 2 is 1.95 bits per heavy atom. The van der Waals surface area contributed by atoms with E-state index in [1.165, 1.54) is 7.11 Å². The van der Waals surface area contributed by atoms with Crippen molar-refractivity contribution in [2.45, 2.75) is 10.9 Å². The predicted molar refractivity (Wildman–Crippen MR) is 76.2 cm³/mol. The van der Waals surface area contributed by atoms with E-state index in [1.807, 2.05) is 48.5 Å². The van der Waals surface area contributed by atoms with Crippen molar-refractivity contribution in [2.75, 3.05) is 12.9 Å². The van der Waals surface area contributed by atoms with Crippen LogP contribution in [0.15, 0.2) is 59.8 Å². The van der Waals surface area contributed by atoms with E-state index < -0.39 is 0 Å². The van der Waals surface area contributed by atoms with Crippen LogP contribution in [0.4, 0.5) is 0 Å². The largest absolute Gasteiger partial charge is 0.469 e. The summed E-state index contributed by atoms with van der Waals surface area (Å²) >= 11 is 1.56. The average Bonchev–Trinajstić information content (AvgIpc) is 2.49. The molecule has 0 saturated heterocycles. The number of ether oxygens (including phenoxy) is 1. The first-order valence-corrected chi connectivity index (χ1v) is 6.96. The number of esters is 1. The number of carbonyl (C=O) groups excluding carboxylic acids is 1. The summed E-state index contributed by atoms with van der Waals surface area (Å²) in [5.74, 6) is 0.140. The van der Waals surface area contributed by atoms with E-state index in [9.17, 15) is 4.79 Å². The van der Waals surface area contributed by atoms with Crippen LogP contribution in [0.25, 0.3) is 0 Å². The van der Waals surface area contributed by atoms with E-state index in [2.05, 4.69) is 4.98 Å². The summed E-state index contributed by atoms with van der Waals surface area (Å²) in [6, 6.07) is 15.4. The van der Waals surface area contributed by atoms with Crippen molar-refractivity contribution in [2.24, 2.45) is 0 Å². The number of benzene rings is 1. The third-order valence-corrected chi connectivity index (χ3v) is 3.76. The Morgan fingerprint density at radius 1 is 1.21 bits per heavy atom. The molecule has 1 unspecified atom stereocenters. The van der Waals surface area contributed by atoms with Crippen LogP contribution in [-0.4, -0.2) is 23.8 Å². The normalized spacial score (nSPS) is 11.8. The average molecular weight is 273 g/mol. The lowest BCUT2D eigenvalue weighted by Crippen LogP contribution is -2.16. The third kappa shape index (κ3) is 3.83. The van der Waals surface area contributed by atoms with Crippen molar-refractivity contribution < 1.29 is 9.53 Å². The van der Waals surface area contributed by atoms with Gasteiger partial charge in [0.25, 0.3) is 0 Å². The van der Waals surface area contributed by atoms with Crippen LogP contribution in [-0.2, 0) is 9.53 Å². The highest BCUT2D eigenvalue weighted by Gasteiger charge is 2.21. The standard InChI is InChI=1S/C15H15NO2S/c1-18-15(17)13(12-7-3-2-4-8-12)11-19-14-9-5-6-10-16-14/h2-10,13H,11H2,1H3. The van der Waals surface area contributed by atoms with Crippen LogP contribution in [0.1, 0.15) is 11.5 Å². The molecule has 0 radical (unpaired) electrons. The van der Waals surface area contributed by atoms with Crippen molar-refractivity contribution in [3.8, 4) is 0 Å². The number of nitrogens with zero attached hydrogens (tertiary/aromatic N) is 1. The lowest BCUT2D eigenvalue weighted by Gasteiger charge is -2.14. The zero-order chi connectivity index (χ0) is 13.5. The summed E-state index contributed by atoms with van der Waals surface area (Å²) in [5, 5.41) is 0.910. The third-order valence-electron chi connectivity index (χ3n) is 2.72. The van der Waals surface area contributed by atoms with Gasteiger partial charge in [-0.3, -0.25) is 4.79 Å². The fourth-order valence-electron chi connectivity index (χ4n) is 1.73. The summed E-state index contributed by atoms with van der Waals surface area (Å²) in [7, 11) is 1.42. The van der Waals surface area contributed by atoms with Crippen LogP contribution in [0.3, 0.4) is 0 Å². The molecule has 2 rings (SSSR count). The van der Waals surface area contributed by atoms with Crippen molar-refractivity contribution in [3.05, 3.63) is 60.3 Å². The second kappa shape index (κ2) is 6.95. The Labute approximate surface area is 117 Å². The molecule has 0 fully saturated rings. The van der Waals surface area contributed by atoms with E-state index in [4.69, 9.17) is 4.74 Å². The molecule has 0 aliphatic heterocycles. The summed E-state index contributed by atoms with van der Waals surface area (Å²) in [6.07, 6.45) is 1.75. The first kappa shape index (κ1) is 13.6. The Kier molecular flexibility index (Phi) is 4.98. The molecule has 0 saturated carbocycles. The summed E-state index contributed by atoms with van der Waals surface area (Å²) in [5.41, 5.74) is 0.970. The highest BCUT2D eigenvalue weighted by molar-refractivity contribution is 7.99. The maximum Gasteiger partial charge on any atom is 0.313 e. The highest BCUT2D eigenvalue weighted by Crippen LogP contribution is 2.25. The predicted octanol–water partition coefficient (Wildman–Crippen LogP) is 3.13. The molecule has 0 aliphatic rings.